The lowest BCUT2D eigenvalue weighted by atomic mass is 10.2. The molecule has 1 rings (SSSR count). The van der Waals surface area contributed by atoms with Gasteiger partial charge in [0.1, 0.15) is 0 Å². The van der Waals surface area contributed by atoms with Crippen LogP contribution in [0.15, 0.2) is 12.3 Å². The fraction of sp³-hybridized carbons (Fsp3) is 0.375. The molecule has 1 aromatic rings. The minimum Gasteiger partial charge on any atom is -0.323 e. The van der Waals surface area contributed by atoms with Crippen LogP contribution in [0.5, 0.6) is 0 Å². The van der Waals surface area contributed by atoms with Crippen molar-refractivity contribution in [1.29, 1.82) is 0 Å². The van der Waals surface area contributed by atoms with Gasteiger partial charge in [-0.05, 0) is 13.0 Å². The fourth-order valence-electron chi connectivity index (χ4n) is 0.939. The number of alkyl halides is 3. The first kappa shape index (κ1) is 14.5. The Balaban J connectivity index is 0.00000196. The number of hydrogen-bond acceptors (Lipinski definition) is 2. The van der Waals surface area contributed by atoms with Crippen LogP contribution in [0.25, 0.3) is 0 Å². The molecule has 1 aromatic heterocycles. The van der Waals surface area contributed by atoms with Crippen molar-refractivity contribution < 1.29 is 13.2 Å². The highest BCUT2D eigenvalue weighted by Crippen LogP contribution is 2.31. The van der Waals surface area contributed by atoms with E-state index in [0.717, 1.165) is 12.3 Å². The molecule has 0 spiro atoms. The zero-order chi connectivity index (χ0) is 10.9. The molecule has 1 atom stereocenters. The van der Waals surface area contributed by atoms with E-state index in [9.17, 15) is 13.2 Å². The average Bonchev–Trinajstić information content (AvgIpc) is 2.01. The highest BCUT2D eigenvalue weighted by atomic mass is 35.5. The number of pyridine rings is 1. The number of aromatic nitrogens is 1. The molecule has 0 amide bonds. The molecule has 86 valence electrons. The Morgan fingerprint density at radius 1 is 1.47 bits per heavy atom. The van der Waals surface area contributed by atoms with Crippen molar-refractivity contribution in [2.45, 2.75) is 19.1 Å². The lowest BCUT2D eigenvalue weighted by molar-refractivity contribution is -0.137. The number of nitrogens with two attached hydrogens (primary N) is 1. The maximum Gasteiger partial charge on any atom is 0.417 e. The van der Waals surface area contributed by atoms with E-state index >= 15 is 0 Å². The molecular weight excluding hydrogens is 252 g/mol. The first-order chi connectivity index (χ1) is 6.32. The van der Waals surface area contributed by atoms with Crippen molar-refractivity contribution in [3.05, 3.63) is 28.5 Å². The molecule has 15 heavy (non-hydrogen) atoms. The molecule has 2 nitrogen and oxygen atoms in total. The van der Waals surface area contributed by atoms with Crippen LogP contribution in [0.3, 0.4) is 0 Å². The standard InChI is InChI=1S/C8H8ClF3N2.ClH/c1-4(13)7-6(9)2-5(3-14-7)8(10,11)12;/h2-4H,13H2,1H3;1H/t4-;/m0./s1. The molecule has 0 saturated carbocycles. The third-order valence-corrected chi connectivity index (χ3v) is 1.93. The molecule has 0 radical (unpaired) electrons. The second-order valence-corrected chi connectivity index (χ2v) is 3.28. The molecular formula is C8H9Cl2F3N2. The Bertz CT molecular complexity index is 339. The maximum absolute atomic E-state index is 12.2. The van der Waals surface area contributed by atoms with E-state index in [-0.39, 0.29) is 23.1 Å². The summed E-state index contributed by atoms with van der Waals surface area (Å²) in [6.45, 7) is 1.60. The van der Waals surface area contributed by atoms with Gasteiger partial charge in [-0.2, -0.15) is 13.2 Å². The zero-order valence-corrected chi connectivity index (χ0v) is 9.25. The predicted octanol–water partition coefficient (Wildman–Crippen LogP) is 3.20. The lowest BCUT2D eigenvalue weighted by Gasteiger charge is -2.10. The summed E-state index contributed by atoms with van der Waals surface area (Å²) in [6, 6.07) is 0.345. The van der Waals surface area contributed by atoms with Gasteiger partial charge in [-0.15, -0.1) is 12.4 Å². The van der Waals surface area contributed by atoms with Gasteiger partial charge in [-0.1, -0.05) is 11.6 Å². The van der Waals surface area contributed by atoms with Gasteiger partial charge in [0.25, 0.3) is 0 Å². The Morgan fingerprint density at radius 2 is 2.00 bits per heavy atom. The Kier molecular flexibility index (Phi) is 4.83. The van der Waals surface area contributed by atoms with Gasteiger partial charge in [-0.3, -0.25) is 4.98 Å². The molecule has 0 fully saturated rings. The van der Waals surface area contributed by atoms with Crippen molar-refractivity contribution >= 4 is 24.0 Å². The first-order valence-corrected chi connectivity index (χ1v) is 4.18. The monoisotopic (exact) mass is 260 g/mol. The van der Waals surface area contributed by atoms with Crippen LogP contribution >= 0.6 is 24.0 Å². The highest BCUT2D eigenvalue weighted by molar-refractivity contribution is 6.31. The number of rotatable bonds is 1. The topological polar surface area (TPSA) is 38.9 Å². The Hall–Kier alpha value is -0.520. The van der Waals surface area contributed by atoms with Crippen LogP contribution in [0.4, 0.5) is 13.2 Å². The summed E-state index contributed by atoms with van der Waals surface area (Å²) >= 11 is 5.59. The van der Waals surface area contributed by atoms with Crippen molar-refractivity contribution in [3.8, 4) is 0 Å². The van der Waals surface area contributed by atoms with E-state index in [1.165, 1.54) is 0 Å². The summed E-state index contributed by atoms with van der Waals surface area (Å²) in [5.74, 6) is 0. The molecule has 0 aliphatic carbocycles. The van der Waals surface area contributed by atoms with Crippen molar-refractivity contribution in [2.75, 3.05) is 0 Å². The second-order valence-electron chi connectivity index (χ2n) is 2.88. The van der Waals surface area contributed by atoms with E-state index in [2.05, 4.69) is 4.98 Å². The quantitative estimate of drug-likeness (QED) is 0.843. The van der Waals surface area contributed by atoms with Crippen LogP contribution in [0, 0.1) is 0 Å². The van der Waals surface area contributed by atoms with Crippen LogP contribution in [-0.2, 0) is 6.18 Å². The molecule has 1 heterocycles. The van der Waals surface area contributed by atoms with Crippen molar-refractivity contribution in [3.63, 3.8) is 0 Å². The predicted molar refractivity (Wildman–Crippen MR) is 54.1 cm³/mol. The lowest BCUT2D eigenvalue weighted by Crippen LogP contribution is -2.11. The van der Waals surface area contributed by atoms with Gasteiger partial charge >= 0.3 is 6.18 Å². The van der Waals surface area contributed by atoms with Crippen molar-refractivity contribution in [1.82, 2.24) is 4.98 Å². The van der Waals surface area contributed by atoms with Gasteiger partial charge < -0.3 is 5.73 Å². The summed E-state index contributed by atoms with van der Waals surface area (Å²) in [4.78, 5) is 3.57. The van der Waals surface area contributed by atoms with Gasteiger partial charge in [0.15, 0.2) is 0 Å². The molecule has 0 aliphatic heterocycles. The molecule has 0 bridgehead atoms. The van der Waals surface area contributed by atoms with E-state index in [4.69, 9.17) is 17.3 Å². The van der Waals surface area contributed by atoms with E-state index in [1.54, 1.807) is 6.92 Å². The minimum absolute atomic E-state index is 0. The van der Waals surface area contributed by atoms with Gasteiger partial charge in [0.2, 0.25) is 0 Å². The van der Waals surface area contributed by atoms with Crippen molar-refractivity contribution in [2.24, 2.45) is 5.73 Å². The third kappa shape index (κ3) is 3.52. The average molecular weight is 261 g/mol. The molecule has 0 aliphatic rings. The van der Waals surface area contributed by atoms with E-state index < -0.39 is 17.8 Å². The summed E-state index contributed by atoms with van der Waals surface area (Å²) in [6.07, 6.45) is -3.70. The molecule has 0 saturated heterocycles. The van der Waals surface area contributed by atoms with E-state index in [0.29, 0.717) is 0 Å². The maximum atomic E-state index is 12.2. The van der Waals surface area contributed by atoms with E-state index in [1.807, 2.05) is 0 Å². The number of nitrogens with zero attached hydrogens (tertiary/aromatic N) is 1. The smallest absolute Gasteiger partial charge is 0.323 e. The van der Waals surface area contributed by atoms with Gasteiger partial charge in [-0.25, -0.2) is 0 Å². The highest BCUT2D eigenvalue weighted by Gasteiger charge is 2.31. The van der Waals surface area contributed by atoms with Crippen LogP contribution in [0.2, 0.25) is 5.02 Å². The van der Waals surface area contributed by atoms with Crippen LogP contribution < -0.4 is 5.73 Å². The minimum atomic E-state index is -4.42. The normalized spacial score (nSPS) is 13.2. The largest absolute Gasteiger partial charge is 0.417 e. The first-order valence-electron chi connectivity index (χ1n) is 3.80. The second kappa shape index (κ2) is 5.01. The number of halogens is 5. The Labute approximate surface area is 96.0 Å². The molecule has 2 N–H and O–H groups in total. The Morgan fingerprint density at radius 3 is 2.33 bits per heavy atom. The summed E-state index contributed by atoms with van der Waals surface area (Å²) in [5.41, 5.74) is 4.84. The summed E-state index contributed by atoms with van der Waals surface area (Å²) in [5, 5.41) is -0.0603. The SMILES string of the molecule is C[C@H](N)c1ncc(C(F)(F)F)cc1Cl.Cl. The summed E-state index contributed by atoms with van der Waals surface area (Å²) < 4.78 is 36.5. The van der Waals surface area contributed by atoms with Gasteiger partial charge in [0.05, 0.1) is 16.3 Å². The van der Waals surface area contributed by atoms with Crippen LogP contribution in [0.1, 0.15) is 24.2 Å². The van der Waals surface area contributed by atoms with Gasteiger partial charge in [0, 0.05) is 12.2 Å². The molecule has 0 unspecified atom stereocenters. The summed E-state index contributed by atoms with van der Waals surface area (Å²) in [7, 11) is 0. The zero-order valence-electron chi connectivity index (χ0n) is 7.68. The molecule has 7 heteroatoms. The third-order valence-electron chi connectivity index (χ3n) is 1.63. The fourth-order valence-corrected chi connectivity index (χ4v) is 1.28. The van der Waals surface area contributed by atoms with Crippen LogP contribution in [-0.4, -0.2) is 4.98 Å². The molecule has 0 aromatic carbocycles. The number of hydrogen-bond donors (Lipinski definition) is 1.